The Kier molecular flexibility index (Phi) is 4.48. The second kappa shape index (κ2) is 6.71. The first-order valence-corrected chi connectivity index (χ1v) is 8.23. The van der Waals surface area contributed by atoms with E-state index in [-0.39, 0.29) is 0 Å². The van der Waals surface area contributed by atoms with Crippen LogP contribution in [0.2, 0.25) is 0 Å². The minimum Gasteiger partial charge on any atom is -0.497 e. The quantitative estimate of drug-likeness (QED) is 0.488. The van der Waals surface area contributed by atoms with Gasteiger partial charge in [-0.25, -0.2) is 9.79 Å². The molecule has 4 nitrogen and oxygen atoms in total. The summed E-state index contributed by atoms with van der Waals surface area (Å²) in [6, 6.07) is 15.1. The van der Waals surface area contributed by atoms with Crippen molar-refractivity contribution in [1.29, 1.82) is 0 Å². The Morgan fingerprint density at radius 3 is 2.39 bits per heavy atom. The Hall–Kier alpha value is -2.53. The number of cyclic esters (lactones) is 1. The van der Waals surface area contributed by atoms with Gasteiger partial charge in [0, 0.05) is 10.5 Å². The van der Waals surface area contributed by atoms with Crippen molar-refractivity contribution in [2.24, 2.45) is 4.99 Å². The number of aliphatic imine (C=N–C) groups is 1. The molecule has 2 aromatic carbocycles. The summed E-state index contributed by atoms with van der Waals surface area (Å²) in [5.41, 5.74) is 1.95. The first-order valence-electron chi connectivity index (χ1n) is 7.00. The molecule has 116 valence electrons. The lowest BCUT2D eigenvalue weighted by Crippen LogP contribution is -2.05. The molecule has 0 amide bonds. The van der Waals surface area contributed by atoms with E-state index in [0.717, 1.165) is 16.9 Å². The SMILES string of the molecule is COc1ccc(C2=NC(=Cc3ccc(SC)cc3)C(=O)O2)cc1. The van der Waals surface area contributed by atoms with Gasteiger partial charge in [-0.3, -0.25) is 0 Å². The summed E-state index contributed by atoms with van der Waals surface area (Å²) >= 11 is 1.67. The highest BCUT2D eigenvalue weighted by Crippen LogP contribution is 2.22. The number of benzene rings is 2. The summed E-state index contributed by atoms with van der Waals surface area (Å²) in [7, 11) is 1.60. The molecule has 0 unspecified atom stereocenters. The summed E-state index contributed by atoms with van der Waals surface area (Å²) in [5, 5.41) is 0. The van der Waals surface area contributed by atoms with E-state index in [1.165, 1.54) is 4.90 Å². The van der Waals surface area contributed by atoms with E-state index in [2.05, 4.69) is 4.99 Å². The van der Waals surface area contributed by atoms with Crippen LogP contribution in [0.25, 0.3) is 6.08 Å². The molecule has 5 heteroatoms. The van der Waals surface area contributed by atoms with Crippen LogP contribution < -0.4 is 4.74 Å². The van der Waals surface area contributed by atoms with Gasteiger partial charge in [0.15, 0.2) is 5.70 Å². The molecule has 1 aliphatic heterocycles. The van der Waals surface area contributed by atoms with Crippen molar-refractivity contribution in [3.8, 4) is 5.75 Å². The van der Waals surface area contributed by atoms with Crippen molar-refractivity contribution in [3.05, 3.63) is 65.4 Å². The van der Waals surface area contributed by atoms with Gasteiger partial charge in [-0.05, 0) is 54.3 Å². The zero-order valence-corrected chi connectivity index (χ0v) is 13.6. The number of methoxy groups -OCH3 is 1. The summed E-state index contributed by atoms with van der Waals surface area (Å²) < 4.78 is 10.4. The Labute approximate surface area is 138 Å². The Bertz CT molecular complexity index is 777. The molecule has 23 heavy (non-hydrogen) atoms. The van der Waals surface area contributed by atoms with Crippen molar-refractivity contribution < 1.29 is 14.3 Å². The fraction of sp³-hybridized carbons (Fsp3) is 0.111. The van der Waals surface area contributed by atoms with E-state index < -0.39 is 5.97 Å². The minimum atomic E-state index is -0.440. The van der Waals surface area contributed by atoms with E-state index in [4.69, 9.17) is 9.47 Å². The number of hydrogen-bond acceptors (Lipinski definition) is 5. The summed E-state index contributed by atoms with van der Waals surface area (Å²) in [5.74, 6) is 0.609. The molecule has 0 aliphatic carbocycles. The van der Waals surface area contributed by atoms with Gasteiger partial charge >= 0.3 is 5.97 Å². The molecule has 1 aliphatic rings. The number of rotatable bonds is 4. The average Bonchev–Trinajstić information content (AvgIpc) is 2.96. The number of carbonyl (C=O) groups is 1. The van der Waals surface area contributed by atoms with Gasteiger partial charge in [0.05, 0.1) is 7.11 Å². The zero-order valence-electron chi connectivity index (χ0n) is 12.8. The van der Waals surface area contributed by atoms with Crippen molar-refractivity contribution in [2.75, 3.05) is 13.4 Å². The number of thioether (sulfide) groups is 1. The standard InChI is InChI=1S/C18H15NO3S/c1-21-14-7-5-13(6-8-14)17-19-16(18(20)22-17)11-12-3-9-15(23-2)10-4-12/h3-11H,1-2H3. The monoisotopic (exact) mass is 325 g/mol. The van der Waals surface area contributed by atoms with E-state index in [9.17, 15) is 4.79 Å². The van der Waals surface area contributed by atoms with Crippen molar-refractivity contribution in [3.63, 3.8) is 0 Å². The number of ether oxygens (including phenoxy) is 2. The van der Waals surface area contributed by atoms with Gasteiger partial charge in [-0.1, -0.05) is 12.1 Å². The lowest BCUT2D eigenvalue weighted by atomic mass is 10.2. The first kappa shape index (κ1) is 15.4. The highest BCUT2D eigenvalue weighted by Gasteiger charge is 2.24. The molecular formula is C18H15NO3S. The van der Waals surface area contributed by atoms with E-state index in [1.807, 2.05) is 30.5 Å². The molecule has 0 aromatic heterocycles. The summed E-state index contributed by atoms with van der Waals surface area (Å²) in [4.78, 5) is 17.4. The van der Waals surface area contributed by atoms with Crippen molar-refractivity contribution in [1.82, 2.24) is 0 Å². The molecule has 2 aromatic rings. The molecule has 0 radical (unpaired) electrons. The topological polar surface area (TPSA) is 47.9 Å². The number of nitrogens with zero attached hydrogens (tertiary/aromatic N) is 1. The maximum Gasteiger partial charge on any atom is 0.363 e. The number of carbonyl (C=O) groups excluding carboxylic acids is 1. The number of hydrogen-bond donors (Lipinski definition) is 0. The van der Waals surface area contributed by atoms with Crippen LogP contribution in [0.1, 0.15) is 11.1 Å². The lowest BCUT2D eigenvalue weighted by Gasteiger charge is -2.01. The van der Waals surface area contributed by atoms with Crippen molar-refractivity contribution >= 4 is 29.7 Å². The zero-order chi connectivity index (χ0) is 16.2. The highest BCUT2D eigenvalue weighted by molar-refractivity contribution is 7.98. The molecule has 0 saturated carbocycles. The third kappa shape index (κ3) is 3.46. The molecule has 3 rings (SSSR count). The van der Waals surface area contributed by atoms with Crippen LogP contribution >= 0.6 is 11.8 Å². The highest BCUT2D eigenvalue weighted by atomic mass is 32.2. The second-order valence-electron chi connectivity index (χ2n) is 4.84. The smallest absolute Gasteiger partial charge is 0.363 e. The number of esters is 1. The molecule has 0 atom stereocenters. The third-order valence-corrected chi connectivity index (χ3v) is 4.12. The van der Waals surface area contributed by atoms with Crippen LogP contribution in [0.3, 0.4) is 0 Å². The minimum absolute atomic E-state index is 0.299. The van der Waals surface area contributed by atoms with Gasteiger partial charge in [-0.2, -0.15) is 0 Å². The maximum atomic E-state index is 12.0. The van der Waals surface area contributed by atoms with Gasteiger partial charge in [0.2, 0.25) is 5.90 Å². The molecule has 0 fully saturated rings. The first-order chi connectivity index (χ1) is 11.2. The van der Waals surface area contributed by atoms with E-state index >= 15 is 0 Å². The molecule has 0 bridgehead atoms. The Balaban J connectivity index is 1.86. The fourth-order valence-corrected chi connectivity index (χ4v) is 2.53. The third-order valence-electron chi connectivity index (χ3n) is 3.38. The lowest BCUT2D eigenvalue weighted by molar-refractivity contribution is -0.129. The summed E-state index contributed by atoms with van der Waals surface area (Å²) in [6.07, 6.45) is 3.75. The largest absolute Gasteiger partial charge is 0.497 e. The van der Waals surface area contributed by atoms with Gasteiger partial charge < -0.3 is 9.47 Å². The molecule has 1 heterocycles. The molecule has 0 saturated heterocycles. The van der Waals surface area contributed by atoms with Crippen LogP contribution in [-0.2, 0) is 9.53 Å². The molecular weight excluding hydrogens is 310 g/mol. The van der Waals surface area contributed by atoms with Crippen LogP contribution in [0.5, 0.6) is 5.75 Å². The fourth-order valence-electron chi connectivity index (χ4n) is 2.12. The Morgan fingerprint density at radius 2 is 1.78 bits per heavy atom. The summed E-state index contributed by atoms with van der Waals surface area (Å²) in [6.45, 7) is 0. The van der Waals surface area contributed by atoms with Crippen LogP contribution in [-0.4, -0.2) is 25.2 Å². The second-order valence-corrected chi connectivity index (χ2v) is 5.72. The Morgan fingerprint density at radius 1 is 1.09 bits per heavy atom. The van der Waals surface area contributed by atoms with Gasteiger partial charge in [0.25, 0.3) is 0 Å². The van der Waals surface area contributed by atoms with Gasteiger partial charge in [-0.15, -0.1) is 11.8 Å². The van der Waals surface area contributed by atoms with E-state index in [1.54, 1.807) is 49.2 Å². The normalized spacial score (nSPS) is 15.5. The average molecular weight is 325 g/mol. The maximum absolute atomic E-state index is 12.0. The predicted octanol–water partition coefficient (Wildman–Crippen LogP) is 3.76. The van der Waals surface area contributed by atoms with Crippen molar-refractivity contribution in [2.45, 2.75) is 4.90 Å². The van der Waals surface area contributed by atoms with E-state index in [0.29, 0.717) is 11.6 Å². The van der Waals surface area contributed by atoms with Crippen LogP contribution in [0.15, 0.2) is 64.1 Å². The molecule has 0 spiro atoms. The van der Waals surface area contributed by atoms with Crippen LogP contribution in [0, 0.1) is 0 Å². The van der Waals surface area contributed by atoms with Gasteiger partial charge in [0.1, 0.15) is 5.75 Å². The van der Waals surface area contributed by atoms with Crippen LogP contribution in [0.4, 0.5) is 0 Å². The predicted molar refractivity (Wildman–Crippen MR) is 91.8 cm³/mol. The molecule has 0 N–H and O–H groups in total.